The van der Waals surface area contributed by atoms with Crippen LogP contribution in [0, 0.1) is 13.8 Å². The zero-order valence-corrected chi connectivity index (χ0v) is 22.8. The van der Waals surface area contributed by atoms with E-state index in [1.807, 2.05) is 0 Å². The number of rotatable bonds is 5. The third-order valence-corrected chi connectivity index (χ3v) is 7.73. The number of hydrogen-bond acceptors (Lipinski definition) is 3. The normalized spacial score (nSPS) is 11.5. The van der Waals surface area contributed by atoms with Crippen molar-refractivity contribution in [3.8, 4) is 39.7 Å². The minimum Gasteiger partial charge on any atom is -0.416 e. The van der Waals surface area contributed by atoms with E-state index in [2.05, 4.69) is 145 Å². The Hall–Kier alpha value is -4.96. The van der Waals surface area contributed by atoms with E-state index < -0.39 is 0 Å². The van der Waals surface area contributed by atoms with Gasteiger partial charge in [0.05, 0.1) is 11.0 Å². The summed E-state index contributed by atoms with van der Waals surface area (Å²) < 4.78 is 8.54. The first kappa shape index (κ1) is 24.1. The molecule has 5 aromatic carbocycles. The Labute approximate surface area is 233 Å². The van der Waals surface area contributed by atoms with Crippen LogP contribution in [0.1, 0.15) is 23.6 Å². The monoisotopic (exact) mass is 519 g/mol. The second-order valence-electron chi connectivity index (χ2n) is 10.4. The molecule has 0 aliphatic heterocycles. The molecule has 0 N–H and O–H groups in total. The summed E-state index contributed by atoms with van der Waals surface area (Å²) in [5.41, 5.74) is 11.5. The van der Waals surface area contributed by atoms with Crippen molar-refractivity contribution < 1.29 is 4.42 Å². The topological polar surface area (TPSA) is 43.9 Å². The number of para-hydroxylation sites is 1. The summed E-state index contributed by atoms with van der Waals surface area (Å²) in [6, 6.07) is 38.6. The van der Waals surface area contributed by atoms with Crippen LogP contribution in [-0.2, 0) is 6.42 Å². The molecular weight excluding hydrogens is 490 g/mol. The van der Waals surface area contributed by atoms with Crippen LogP contribution < -0.4 is 0 Å². The van der Waals surface area contributed by atoms with Crippen molar-refractivity contribution in [2.24, 2.45) is 0 Å². The number of aromatic nitrogens is 3. The maximum absolute atomic E-state index is 6.22. The Balaban J connectivity index is 1.29. The van der Waals surface area contributed by atoms with Crippen LogP contribution in [0.25, 0.3) is 61.5 Å². The molecular formula is C36H29N3O. The summed E-state index contributed by atoms with van der Waals surface area (Å²) in [6.07, 6.45) is 0.913. The molecule has 0 bridgehead atoms. The molecule has 0 amide bonds. The molecule has 0 aliphatic carbocycles. The third kappa shape index (κ3) is 4.00. The summed E-state index contributed by atoms with van der Waals surface area (Å²) in [6.45, 7) is 6.38. The minimum absolute atomic E-state index is 0.526. The predicted octanol–water partition coefficient (Wildman–Crippen LogP) is 9.35. The third-order valence-electron chi connectivity index (χ3n) is 7.73. The van der Waals surface area contributed by atoms with Crippen molar-refractivity contribution in [2.75, 3.05) is 0 Å². The summed E-state index contributed by atoms with van der Waals surface area (Å²) >= 11 is 0. The minimum atomic E-state index is 0.526. The second kappa shape index (κ2) is 9.65. The van der Waals surface area contributed by atoms with Gasteiger partial charge in [-0.2, -0.15) is 0 Å². The molecule has 0 fully saturated rings. The fourth-order valence-corrected chi connectivity index (χ4v) is 5.90. The van der Waals surface area contributed by atoms with Crippen LogP contribution in [0.15, 0.2) is 114 Å². The van der Waals surface area contributed by atoms with Gasteiger partial charge in [0.25, 0.3) is 0 Å². The Morgan fingerprint density at radius 2 is 1.32 bits per heavy atom. The lowest BCUT2D eigenvalue weighted by atomic mass is 9.97. The quantitative estimate of drug-likeness (QED) is 0.228. The molecule has 0 radical (unpaired) electrons. The van der Waals surface area contributed by atoms with Crippen LogP contribution in [0.2, 0.25) is 0 Å². The lowest BCUT2D eigenvalue weighted by Gasteiger charge is -2.10. The van der Waals surface area contributed by atoms with Gasteiger partial charge in [-0.05, 0) is 85.0 Å². The molecule has 0 aliphatic rings. The number of aryl methyl sites for hydroxylation is 3. The van der Waals surface area contributed by atoms with Crippen LogP contribution in [-0.4, -0.2) is 14.8 Å². The first-order chi connectivity index (χ1) is 19.6. The second-order valence-corrected chi connectivity index (χ2v) is 10.4. The standard InChI is InChI=1S/C36H29N3O/c1-4-25-21-23(2)20-24(3)34(25)36-38-37-35(40-36)27-14-17-29(18-15-27)39-32-13-9-8-12-30(32)31-22-28(16-19-33(31)39)26-10-6-5-7-11-26/h5-22H,4H2,1-3H3. The predicted molar refractivity (Wildman–Crippen MR) is 164 cm³/mol. The molecule has 4 nitrogen and oxygen atoms in total. The largest absolute Gasteiger partial charge is 0.416 e. The van der Waals surface area contributed by atoms with Gasteiger partial charge >= 0.3 is 0 Å². The first-order valence-electron chi connectivity index (χ1n) is 13.7. The van der Waals surface area contributed by atoms with Gasteiger partial charge < -0.3 is 8.98 Å². The summed E-state index contributed by atoms with van der Waals surface area (Å²) in [4.78, 5) is 0. The van der Waals surface area contributed by atoms with Gasteiger partial charge in [0.1, 0.15) is 0 Å². The molecule has 2 heterocycles. The van der Waals surface area contributed by atoms with E-state index in [1.165, 1.54) is 44.1 Å². The molecule has 2 aromatic heterocycles. The number of hydrogen-bond donors (Lipinski definition) is 0. The van der Waals surface area contributed by atoms with Gasteiger partial charge in [-0.3, -0.25) is 0 Å². The summed E-state index contributed by atoms with van der Waals surface area (Å²) in [5, 5.41) is 11.3. The van der Waals surface area contributed by atoms with E-state index in [1.54, 1.807) is 0 Å². The number of fused-ring (bicyclic) bond motifs is 3. The van der Waals surface area contributed by atoms with Crippen molar-refractivity contribution in [1.29, 1.82) is 0 Å². The highest BCUT2D eigenvalue weighted by Crippen LogP contribution is 2.36. The molecule has 7 rings (SSSR count). The molecule has 0 saturated carbocycles. The van der Waals surface area contributed by atoms with Crippen LogP contribution in [0.4, 0.5) is 0 Å². The highest BCUT2D eigenvalue weighted by Gasteiger charge is 2.17. The van der Waals surface area contributed by atoms with Gasteiger partial charge in [0.15, 0.2) is 0 Å². The SMILES string of the molecule is CCc1cc(C)cc(C)c1-c1nnc(-c2ccc(-n3c4ccccc4c4cc(-c5ccccc5)ccc43)cc2)o1. The average molecular weight is 520 g/mol. The molecule has 0 atom stereocenters. The van der Waals surface area contributed by atoms with Crippen LogP contribution in [0.5, 0.6) is 0 Å². The van der Waals surface area contributed by atoms with Gasteiger partial charge in [0, 0.05) is 27.6 Å². The summed E-state index contributed by atoms with van der Waals surface area (Å²) in [5.74, 6) is 1.10. The smallest absolute Gasteiger partial charge is 0.248 e. The van der Waals surface area contributed by atoms with Crippen molar-refractivity contribution in [2.45, 2.75) is 27.2 Å². The van der Waals surface area contributed by atoms with E-state index in [4.69, 9.17) is 4.42 Å². The van der Waals surface area contributed by atoms with Crippen LogP contribution >= 0.6 is 0 Å². The molecule has 4 heteroatoms. The van der Waals surface area contributed by atoms with E-state index >= 15 is 0 Å². The maximum Gasteiger partial charge on any atom is 0.248 e. The Bertz CT molecular complexity index is 2000. The lowest BCUT2D eigenvalue weighted by molar-refractivity contribution is 0.583. The zero-order chi connectivity index (χ0) is 27.2. The Kier molecular flexibility index (Phi) is 5.82. The Morgan fingerprint density at radius 1 is 0.625 bits per heavy atom. The lowest BCUT2D eigenvalue weighted by Crippen LogP contribution is -1.93. The van der Waals surface area contributed by atoms with Crippen molar-refractivity contribution >= 4 is 21.8 Å². The van der Waals surface area contributed by atoms with E-state index in [0.29, 0.717) is 11.8 Å². The van der Waals surface area contributed by atoms with Crippen molar-refractivity contribution in [3.05, 3.63) is 126 Å². The highest BCUT2D eigenvalue weighted by molar-refractivity contribution is 6.10. The fourth-order valence-electron chi connectivity index (χ4n) is 5.90. The molecule has 40 heavy (non-hydrogen) atoms. The maximum atomic E-state index is 6.22. The Morgan fingerprint density at radius 3 is 2.12 bits per heavy atom. The summed E-state index contributed by atoms with van der Waals surface area (Å²) in [7, 11) is 0. The molecule has 194 valence electrons. The number of nitrogens with zero attached hydrogens (tertiary/aromatic N) is 3. The fraction of sp³-hybridized carbons (Fsp3) is 0.111. The van der Waals surface area contributed by atoms with Gasteiger partial charge in [-0.25, -0.2) is 0 Å². The number of benzene rings is 5. The van der Waals surface area contributed by atoms with Gasteiger partial charge in [-0.1, -0.05) is 79.2 Å². The van der Waals surface area contributed by atoms with Crippen LogP contribution in [0.3, 0.4) is 0 Å². The molecule has 7 aromatic rings. The van der Waals surface area contributed by atoms with E-state index in [9.17, 15) is 0 Å². The zero-order valence-electron chi connectivity index (χ0n) is 22.8. The van der Waals surface area contributed by atoms with E-state index in [0.717, 1.165) is 28.8 Å². The molecule has 0 saturated heterocycles. The average Bonchev–Trinajstić information content (AvgIpc) is 3.60. The van der Waals surface area contributed by atoms with Gasteiger partial charge in [0.2, 0.25) is 11.8 Å². The molecule has 0 unspecified atom stereocenters. The van der Waals surface area contributed by atoms with E-state index in [-0.39, 0.29) is 0 Å². The first-order valence-corrected chi connectivity index (χ1v) is 13.7. The van der Waals surface area contributed by atoms with Crippen molar-refractivity contribution in [3.63, 3.8) is 0 Å². The van der Waals surface area contributed by atoms with Crippen molar-refractivity contribution in [1.82, 2.24) is 14.8 Å². The highest BCUT2D eigenvalue weighted by atomic mass is 16.4. The molecule has 0 spiro atoms. The van der Waals surface area contributed by atoms with Gasteiger partial charge in [-0.15, -0.1) is 10.2 Å².